The predicted octanol–water partition coefficient (Wildman–Crippen LogP) is 11.8. The maximum Gasteiger partial charge on any atom is 0.158 e. The quantitative estimate of drug-likeness (QED) is 0.180. The monoisotopic (exact) mass is 648 g/mol. The van der Waals surface area contributed by atoms with Crippen LogP contribution >= 0.6 is 0 Å². The molecule has 0 atom stereocenters. The highest BCUT2D eigenvalue weighted by Crippen LogP contribution is 2.37. The van der Waals surface area contributed by atoms with E-state index in [1.807, 2.05) is 32.2 Å². The van der Waals surface area contributed by atoms with E-state index in [1.165, 1.54) is 66.1 Å². The van der Waals surface area contributed by atoms with E-state index >= 15 is 0 Å². The van der Waals surface area contributed by atoms with Crippen LogP contribution in [-0.2, 0) is 12.8 Å². The molecule has 0 bridgehead atoms. The molecule has 5 heterocycles. The molecule has 0 aliphatic carbocycles. The lowest BCUT2D eigenvalue weighted by Gasteiger charge is -2.10. The SMILES string of the molecule is CC.c1ccc(-n2c3ccccc3c3cc(-n4c5ccccc5c5cc(CCCc6ccnc7c6oc6cccnc67)ccc54)ccc32)cc1. The second kappa shape index (κ2) is 12.4. The lowest BCUT2D eigenvalue weighted by atomic mass is 10.0. The minimum absolute atomic E-state index is 0.787. The van der Waals surface area contributed by atoms with Gasteiger partial charge in [0.15, 0.2) is 11.2 Å². The van der Waals surface area contributed by atoms with Crippen LogP contribution in [0.1, 0.15) is 31.4 Å². The molecule has 10 rings (SSSR count). The Kier molecular flexibility index (Phi) is 7.39. The fraction of sp³-hybridized carbons (Fsp3) is 0.111. The molecule has 0 saturated heterocycles. The van der Waals surface area contributed by atoms with Gasteiger partial charge in [-0.05, 0) is 103 Å². The largest absolute Gasteiger partial charge is 0.452 e. The zero-order chi connectivity index (χ0) is 33.6. The van der Waals surface area contributed by atoms with Gasteiger partial charge in [0.2, 0.25) is 0 Å². The van der Waals surface area contributed by atoms with Crippen molar-refractivity contribution in [2.24, 2.45) is 0 Å². The fourth-order valence-electron chi connectivity index (χ4n) is 7.62. The summed E-state index contributed by atoms with van der Waals surface area (Å²) in [6, 6.07) is 48.0. The Balaban J connectivity index is 0.00000165. The summed E-state index contributed by atoms with van der Waals surface area (Å²) in [7, 11) is 0. The molecule has 0 aliphatic heterocycles. The van der Waals surface area contributed by atoms with Crippen molar-refractivity contribution in [3.8, 4) is 11.4 Å². The number of nitrogens with zero attached hydrogens (tertiary/aromatic N) is 4. The van der Waals surface area contributed by atoms with Gasteiger partial charge < -0.3 is 13.6 Å². The number of rotatable bonds is 6. The first-order valence-electron chi connectivity index (χ1n) is 17.5. The Morgan fingerprint density at radius 3 is 1.92 bits per heavy atom. The number of furan rings is 1. The van der Waals surface area contributed by atoms with E-state index in [-0.39, 0.29) is 0 Å². The molecular weight excluding hydrogens is 613 g/mol. The average molecular weight is 649 g/mol. The van der Waals surface area contributed by atoms with Crippen molar-refractivity contribution in [1.29, 1.82) is 0 Å². The van der Waals surface area contributed by atoms with Gasteiger partial charge in [0.05, 0.1) is 22.1 Å². The summed E-state index contributed by atoms with van der Waals surface area (Å²) in [5.74, 6) is 0. The summed E-state index contributed by atoms with van der Waals surface area (Å²) < 4.78 is 11.0. The Morgan fingerprint density at radius 2 is 1.14 bits per heavy atom. The first-order chi connectivity index (χ1) is 24.8. The molecule has 242 valence electrons. The Morgan fingerprint density at radius 1 is 0.500 bits per heavy atom. The van der Waals surface area contributed by atoms with E-state index in [4.69, 9.17) is 4.42 Å². The van der Waals surface area contributed by atoms with Gasteiger partial charge in [0.25, 0.3) is 0 Å². The number of hydrogen-bond donors (Lipinski definition) is 0. The molecular formula is C45H36N4O. The summed E-state index contributed by atoms with van der Waals surface area (Å²) in [5, 5.41) is 5.06. The molecule has 0 fully saturated rings. The van der Waals surface area contributed by atoms with Gasteiger partial charge >= 0.3 is 0 Å². The van der Waals surface area contributed by atoms with Gasteiger partial charge in [0.1, 0.15) is 11.0 Å². The second-order valence-corrected chi connectivity index (χ2v) is 12.5. The minimum atomic E-state index is 0.787. The molecule has 5 aromatic heterocycles. The van der Waals surface area contributed by atoms with Crippen molar-refractivity contribution in [2.45, 2.75) is 33.1 Å². The molecule has 0 N–H and O–H groups in total. The molecule has 10 aromatic rings. The smallest absolute Gasteiger partial charge is 0.158 e. The zero-order valence-electron chi connectivity index (χ0n) is 28.2. The zero-order valence-corrected chi connectivity index (χ0v) is 28.2. The van der Waals surface area contributed by atoms with Gasteiger partial charge in [0, 0.05) is 45.3 Å². The molecule has 0 spiro atoms. The van der Waals surface area contributed by atoms with Crippen LogP contribution in [0.25, 0.3) is 77.2 Å². The molecule has 0 unspecified atom stereocenters. The topological polar surface area (TPSA) is 48.8 Å². The Hall–Kier alpha value is -6.20. The van der Waals surface area contributed by atoms with E-state index in [1.54, 1.807) is 6.20 Å². The van der Waals surface area contributed by atoms with Crippen LogP contribution < -0.4 is 0 Å². The van der Waals surface area contributed by atoms with Crippen molar-refractivity contribution in [2.75, 3.05) is 0 Å². The number of hydrogen-bond acceptors (Lipinski definition) is 3. The highest BCUT2D eigenvalue weighted by atomic mass is 16.3. The van der Waals surface area contributed by atoms with Crippen molar-refractivity contribution in [3.63, 3.8) is 0 Å². The van der Waals surface area contributed by atoms with Crippen molar-refractivity contribution >= 4 is 65.8 Å². The summed E-state index contributed by atoms with van der Waals surface area (Å²) in [4.78, 5) is 9.07. The third-order valence-electron chi connectivity index (χ3n) is 9.77. The maximum absolute atomic E-state index is 6.18. The molecule has 5 heteroatoms. The normalized spacial score (nSPS) is 11.6. The number of para-hydroxylation sites is 3. The van der Waals surface area contributed by atoms with E-state index < -0.39 is 0 Å². The van der Waals surface area contributed by atoms with Gasteiger partial charge in [-0.25, -0.2) is 0 Å². The third kappa shape index (κ3) is 4.77. The summed E-state index contributed by atoms with van der Waals surface area (Å²) >= 11 is 0. The number of fused-ring (bicyclic) bond motifs is 9. The number of pyridine rings is 2. The molecule has 5 nitrogen and oxygen atoms in total. The second-order valence-electron chi connectivity index (χ2n) is 12.5. The third-order valence-corrected chi connectivity index (χ3v) is 9.77. The summed E-state index contributed by atoms with van der Waals surface area (Å²) in [6.45, 7) is 4.00. The minimum Gasteiger partial charge on any atom is -0.452 e. The van der Waals surface area contributed by atoms with E-state index in [9.17, 15) is 0 Å². The van der Waals surface area contributed by atoms with Crippen LogP contribution in [0.4, 0.5) is 0 Å². The maximum atomic E-state index is 6.18. The van der Waals surface area contributed by atoms with Crippen molar-refractivity contribution in [3.05, 3.63) is 157 Å². The standard InChI is InChI=1S/C43H30N4O.C2H6/c1-2-12-30(13-3-1)46-36-16-6-5-15-33(36)35-27-31(20-22-39(35)46)47-37-17-7-4-14-32(37)34-26-28(19-21-38(34)47)10-8-11-29-23-25-45-42-41-40(48-43(29)42)18-9-24-44-41;1-2/h1-7,9,12-27H,8,10-11H2;1-2H3. The number of benzene rings is 5. The van der Waals surface area contributed by atoms with Crippen LogP contribution in [-0.4, -0.2) is 19.1 Å². The van der Waals surface area contributed by atoms with Crippen molar-refractivity contribution in [1.82, 2.24) is 19.1 Å². The van der Waals surface area contributed by atoms with E-state index in [2.05, 4.69) is 140 Å². The summed E-state index contributed by atoms with van der Waals surface area (Å²) in [6.07, 6.45) is 6.56. The van der Waals surface area contributed by atoms with Gasteiger partial charge in [-0.15, -0.1) is 0 Å². The number of aromatic nitrogens is 4. The molecule has 50 heavy (non-hydrogen) atoms. The van der Waals surface area contributed by atoms with E-state index in [0.29, 0.717) is 0 Å². The Labute approximate surface area is 290 Å². The molecule has 0 saturated carbocycles. The van der Waals surface area contributed by atoms with Gasteiger partial charge in [-0.1, -0.05) is 74.5 Å². The van der Waals surface area contributed by atoms with Crippen LogP contribution in [0.5, 0.6) is 0 Å². The van der Waals surface area contributed by atoms with Crippen LogP contribution in [0, 0.1) is 0 Å². The average Bonchev–Trinajstić information content (AvgIpc) is 3.84. The first-order valence-corrected chi connectivity index (χ1v) is 17.5. The molecule has 0 radical (unpaired) electrons. The van der Waals surface area contributed by atoms with E-state index in [0.717, 1.165) is 41.5 Å². The fourth-order valence-corrected chi connectivity index (χ4v) is 7.62. The predicted molar refractivity (Wildman–Crippen MR) is 208 cm³/mol. The lowest BCUT2D eigenvalue weighted by molar-refractivity contribution is 0.657. The summed E-state index contributed by atoms with van der Waals surface area (Å²) in [5.41, 5.74) is 13.0. The van der Waals surface area contributed by atoms with Crippen LogP contribution in [0.3, 0.4) is 0 Å². The number of aryl methyl sites for hydroxylation is 2. The van der Waals surface area contributed by atoms with Crippen LogP contribution in [0.15, 0.2) is 150 Å². The highest BCUT2D eigenvalue weighted by molar-refractivity contribution is 6.12. The first kappa shape index (κ1) is 29.9. The Bertz CT molecular complexity index is 2820. The molecule has 0 aliphatic rings. The lowest BCUT2D eigenvalue weighted by Crippen LogP contribution is -1.96. The van der Waals surface area contributed by atoms with Gasteiger partial charge in [-0.2, -0.15) is 0 Å². The molecule has 0 amide bonds. The van der Waals surface area contributed by atoms with Crippen molar-refractivity contribution < 1.29 is 4.42 Å². The van der Waals surface area contributed by atoms with Gasteiger partial charge in [-0.3, -0.25) is 9.97 Å². The highest BCUT2D eigenvalue weighted by Gasteiger charge is 2.17. The molecule has 5 aromatic carbocycles. The van der Waals surface area contributed by atoms with Crippen LogP contribution in [0.2, 0.25) is 0 Å².